The van der Waals surface area contributed by atoms with Gasteiger partial charge in [-0.05, 0) is 17.7 Å². The number of anilines is 1. The van der Waals surface area contributed by atoms with Crippen LogP contribution in [0.4, 0.5) is 5.69 Å². The minimum Gasteiger partial charge on any atom is -0.493 e. The van der Waals surface area contributed by atoms with Crippen molar-refractivity contribution in [3.63, 3.8) is 0 Å². The maximum atomic E-state index is 12.5. The molecule has 164 valence electrons. The van der Waals surface area contributed by atoms with E-state index in [1.54, 1.807) is 17.0 Å². The Morgan fingerprint density at radius 2 is 1.77 bits per heavy atom. The zero-order chi connectivity index (χ0) is 22.2. The monoisotopic (exact) mass is 427 g/mol. The Balaban J connectivity index is 1.50. The first-order chi connectivity index (χ1) is 15.0. The normalized spacial score (nSPS) is 15.7. The molecule has 0 saturated carbocycles. The topological polar surface area (TPSA) is 106 Å². The Morgan fingerprint density at radius 3 is 2.48 bits per heavy atom. The van der Waals surface area contributed by atoms with E-state index in [-0.39, 0.29) is 18.6 Å². The molecule has 1 fully saturated rings. The molecule has 2 aromatic carbocycles. The van der Waals surface area contributed by atoms with Crippen molar-refractivity contribution < 1.29 is 28.6 Å². The summed E-state index contributed by atoms with van der Waals surface area (Å²) in [5.74, 6) is -1.16. The van der Waals surface area contributed by atoms with Gasteiger partial charge in [-0.25, -0.2) is 0 Å². The number of benzene rings is 2. The van der Waals surface area contributed by atoms with Gasteiger partial charge in [-0.2, -0.15) is 0 Å². The summed E-state index contributed by atoms with van der Waals surface area (Å²) >= 11 is 0. The molecule has 0 aliphatic carbocycles. The Hall–Kier alpha value is -3.59. The summed E-state index contributed by atoms with van der Waals surface area (Å²) in [6.45, 7) is 0.936. The number of nitrogens with one attached hydrogen (secondary N) is 2. The van der Waals surface area contributed by atoms with Gasteiger partial charge in [-0.3, -0.25) is 14.4 Å². The van der Waals surface area contributed by atoms with Gasteiger partial charge in [-0.15, -0.1) is 0 Å². The molecule has 3 amide bonds. The first kappa shape index (κ1) is 22.1. The quantitative estimate of drug-likeness (QED) is 0.675. The molecule has 0 radical (unpaired) electrons. The zero-order valence-electron chi connectivity index (χ0n) is 17.4. The van der Waals surface area contributed by atoms with E-state index in [0.29, 0.717) is 36.9 Å². The number of carbonyl (C=O) groups excluding carboxylic acids is 3. The second kappa shape index (κ2) is 10.4. The molecule has 9 heteroatoms. The minimum atomic E-state index is -0.906. The molecule has 2 N–H and O–H groups in total. The van der Waals surface area contributed by atoms with E-state index in [1.807, 2.05) is 30.3 Å². The molecule has 0 aromatic heterocycles. The van der Waals surface area contributed by atoms with E-state index in [2.05, 4.69) is 10.6 Å². The Morgan fingerprint density at radius 1 is 1.03 bits per heavy atom. The average molecular weight is 427 g/mol. The molecule has 2 aromatic rings. The van der Waals surface area contributed by atoms with Gasteiger partial charge in [0.1, 0.15) is 6.10 Å². The predicted octanol–water partition coefficient (Wildman–Crippen LogP) is 1.36. The molecule has 1 unspecified atom stereocenters. The number of hydrogen-bond donors (Lipinski definition) is 2. The van der Waals surface area contributed by atoms with Gasteiger partial charge in [0.2, 0.25) is 5.91 Å². The lowest BCUT2D eigenvalue weighted by atomic mass is 10.1. The molecule has 0 bridgehead atoms. The summed E-state index contributed by atoms with van der Waals surface area (Å²) in [6, 6.07) is 14.3. The zero-order valence-corrected chi connectivity index (χ0v) is 17.4. The fourth-order valence-electron chi connectivity index (χ4n) is 3.19. The van der Waals surface area contributed by atoms with Crippen LogP contribution < -0.4 is 20.1 Å². The first-order valence-corrected chi connectivity index (χ1v) is 9.77. The lowest BCUT2D eigenvalue weighted by Crippen LogP contribution is -2.48. The van der Waals surface area contributed by atoms with Crippen LogP contribution >= 0.6 is 0 Å². The fourth-order valence-corrected chi connectivity index (χ4v) is 3.19. The molecule has 1 aliphatic rings. The molecule has 3 rings (SSSR count). The second-order valence-electron chi connectivity index (χ2n) is 6.82. The van der Waals surface area contributed by atoms with Crippen LogP contribution in [0, 0.1) is 0 Å². The molecule has 9 nitrogen and oxygen atoms in total. The molecular formula is C22H25N3O6. The van der Waals surface area contributed by atoms with Crippen LogP contribution in [0.1, 0.15) is 11.7 Å². The molecule has 1 saturated heterocycles. The molecule has 31 heavy (non-hydrogen) atoms. The van der Waals surface area contributed by atoms with Crippen molar-refractivity contribution >= 4 is 23.4 Å². The van der Waals surface area contributed by atoms with Gasteiger partial charge in [0.15, 0.2) is 11.5 Å². The highest BCUT2D eigenvalue weighted by Crippen LogP contribution is 2.29. The number of morpholine rings is 1. The number of rotatable bonds is 6. The SMILES string of the molecule is COc1ccc(NC(=O)C(=O)NCC(=O)N2CCOC(c3ccccc3)C2)cc1OC. The van der Waals surface area contributed by atoms with Crippen LogP contribution in [0.2, 0.25) is 0 Å². The number of methoxy groups -OCH3 is 2. The van der Waals surface area contributed by atoms with Gasteiger partial charge in [0.25, 0.3) is 0 Å². The number of carbonyl (C=O) groups is 3. The largest absolute Gasteiger partial charge is 0.493 e. The molecule has 1 aliphatic heterocycles. The summed E-state index contributed by atoms with van der Waals surface area (Å²) in [7, 11) is 2.97. The van der Waals surface area contributed by atoms with Crippen molar-refractivity contribution in [3.05, 3.63) is 54.1 Å². The van der Waals surface area contributed by atoms with E-state index < -0.39 is 11.8 Å². The number of nitrogens with zero attached hydrogens (tertiary/aromatic N) is 1. The summed E-state index contributed by atoms with van der Waals surface area (Å²) in [4.78, 5) is 38.4. The molecule has 0 spiro atoms. The van der Waals surface area contributed by atoms with Crippen molar-refractivity contribution in [1.29, 1.82) is 0 Å². The van der Waals surface area contributed by atoms with E-state index >= 15 is 0 Å². The predicted molar refractivity (Wildman–Crippen MR) is 113 cm³/mol. The van der Waals surface area contributed by atoms with Crippen LogP contribution in [0.25, 0.3) is 0 Å². The third-order valence-corrected chi connectivity index (χ3v) is 4.84. The van der Waals surface area contributed by atoms with Crippen LogP contribution in [-0.4, -0.2) is 63.1 Å². The average Bonchev–Trinajstić information content (AvgIpc) is 2.82. The molecule has 1 heterocycles. The third-order valence-electron chi connectivity index (χ3n) is 4.84. The van der Waals surface area contributed by atoms with Crippen molar-refractivity contribution in [2.75, 3.05) is 45.8 Å². The van der Waals surface area contributed by atoms with Crippen molar-refractivity contribution in [3.8, 4) is 11.5 Å². The second-order valence-corrected chi connectivity index (χ2v) is 6.82. The lowest BCUT2D eigenvalue weighted by Gasteiger charge is -2.33. The third kappa shape index (κ3) is 5.73. The molecular weight excluding hydrogens is 402 g/mol. The van der Waals surface area contributed by atoms with Gasteiger partial charge >= 0.3 is 11.8 Å². The summed E-state index contributed by atoms with van der Waals surface area (Å²) < 4.78 is 16.0. The van der Waals surface area contributed by atoms with Gasteiger partial charge in [0.05, 0.1) is 33.9 Å². The Labute approximate surface area is 180 Å². The highest BCUT2D eigenvalue weighted by molar-refractivity contribution is 6.39. The number of amides is 3. The van der Waals surface area contributed by atoms with E-state index in [9.17, 15) is 14.4 Å². The maximum absolute atomic E-state index is 12.5. The summed E-state index contributed by atoms with van der Waals surface area (Å²) in [6.07, 6.45) is -0.219. The maximum Gasteiger partial charge on any atom is 0.313 e. The highest BCUT2D eigenvalue weighted by Gasteiger charge is 2.26. The van der Waals surface area contributed by atoms with E-state index in [0.717, 1.165) is 5.56 Å². The van der Waals surface area contributed by atoms with Crippen LogP contribution in [-0.2, 0) is 19.1 Å². The van der Waals surface area contributed by atoms with Crippen molar-refractivity contribution in [2.24, 2.45) is 0 Å². The standard InChI is InChI=1S/C22H25N3O6/c1-29-17-9-8-16(12-18(17)30-2)24-22(28)21(27)23-13-20(26)25-10-11-31-19(14-25)15-6-4-3-5-7-15/h3-9,12,19H,10-11,13-14H2,1-2H3,(H,23,27)(H,24,28). The van der Waals surface area contributed by atoms with Gasteiger partial charge in [-0.1, -0.05) is 30.3 Å². The van der Waals surface area contributed by atoms with Gasteiger partial charge < -0.3 is 29.7 Å². The Bertz CT molecular complexity index is 934. The summed E-state index contributed by atoms with van der Waals surface area (Å²) in [5.41, 5.74) is 1.35. The fraction of sp³-hybridized carbons (Fsp3) is 0.318. The van der Waals surface area contributed by atoms with E-state index in [4.69, 9.17) is 14.2 Å². The van der Waals surface area contributed by atoms with E-state index in [1.165, 1.54) is 20.3 Å². The lowest BCUT2D eigenvalue weighted by molar-refractivity contribution is -0.141. The number of hydrogen-bond acceptors (Lipinski definition) is 6. The van der Waals surface area contributed by atoms with Crippen molar-refractivity contribution in [1.82, 2.24) is 10.2 Å². The van der Waals surface area contributed by atoms with Crippen LogP contribution in [0.3, 0.4) is 0 Å². The molecule has 1 atom stereocenters. The van der Waals surface area contributed by atoms with Crippen molar-refractivity contribution in [2.45, 2.75) is 6.10 Å². The number of ether oxygens (including phenoxy) is 3. The smallest absolute Gasteiger partial charge is 0.313 e. The Kier molecular flexibility index (Phi) is 7.45. The van der Waals surface area contributed by atoms with Crippen LogP contribution in [0.15, 0.2) is 48.5 Å². The van der Waals surface area contributed by atoms with Crippen LogP contribution in [0.5, 0.6) is 11.5 Å². The highest BCUT2D eigenvalue weighted by atomic mass is 16.5. The minimum absolute atomic E-state index is 0.219. The summed E-state index contributed by atoms with van der Waals surface area (Å²) in [5, 5.41) is 4.83. The van der Waals surface area contributed by atoms with Gasteiger partial charge in [0, 0.05) is 18.3 Å². The first-order valence-electron chi connectivity index (χ1n) is 9.77.